The smallest absolute Gasteiger partial charge is 0.326 e. The van der Waals surface area contributed by atoms with Crippen LogP contribution in [0.3, 0.4) is 0 Å². The molecule has 0 saturated heterocycles. The molecule has 0 aliphatic carbocycles. The number of aryl methyl sites for hydroxylation is 2. The number of amides is 3. The van der Waals surface area contributed by atoms with Gasteiger partial charge in [-0.2, -0.15) is 0 Å². The lowest BCUT2D eigenvalue weighted by Gasteiger charge is -2.30. The Balaban J connectivity index is 1.41. The highest BCUT2D eigenvalue weighted by molar-refractivity contribution is 7.99. The van der Waals surface area contributed by atoms with Crippen molar-refractivity contribution in [3.05, 3.63) is 83.0 Å². The lowest BCUT2D eigenvalue weighted by Crippen LogP contribution is -2.39. The van der Waals surface area contributed by atoms with Crippen molar-refractivity contribution in [2.45, 2.75) is 25.4 Å². The molecular weight excluding hydrogens is 408 g/mol. The van der Waals surface area contributed by atoms with Gasteiger partial charge < -0.3 is 10.6 Å². The van der Waals surface area contributed by atoms with Gasteiger partial charge in [-0.05, 0) is 55.3 Å². The Morgan fingerprint density at radius 3 is 2.55 bits per heavy atom. The summed E-state index contributed by atoms with van der Waals surface area (Å²) in [4.78, 5) is 31.7. The molecule has 0 unspecified atom stereocenters. The van der Waals surface area contributed by atoms with E-state index in [0.29, 0.717) is 24.3 Å². The monoisotopic (exact) mass is 432 g/mol. The number of rotatable bonds is 4. The van der Waals surface area contributed by atoms with E-state index in [1.54, 1.807) is 40.9 Å². The van der Waals surface area contributed by atoms with Gasteiger partial charge in [-0.15, -0.1) is 11.8 Å². The third kappa shape index (κ3) is 4.88. The second kappa shape index (κ2) is 9.22. The second-order valence-electron chi connectivity index (χ2n) is 7.41. The molecule has 0 radical (unpaired) electrons. The minimum absolute atomic E-state index is 0.152. The zero-order valence-corrected chi connectivity index (χ0v) is 18.3. The molecule has 2 heterocycles. The van der Waals surface area contributed by atoms with Crippen LogP contribution in [0.1, 0.15) is 27.2 Å². The van der Waals surface area contributed by atoms with Gasteiger partial charge in [0.2, 0.25) is 0 Å². The summed E-state index contributed by atoms with van der Waals surface area (Å²) in [6.07, 6.45) is 0. The van der Waals surface area contributed by atoms with Crippen molar-refractivity contribution in [2.24, 2.45) is 0 Å². The van der Waals surface area contributed by atoms with Crippen LogP contribution in [0.5, 0.6) is 0 Å². The normalized spacial score (nSPS) is 12.8. The molecule has 158 valence electrons. The van der Waals surface area contributed by atoms with Crippen molar-refractivity contribution in [2.75, 3.05) is 22.5 Å². The Bertz CT molecular complexity index is 1100. The fourth-order valence-electron chi connectivity index (χ4n) is 3.55. The molecule has 31 heavy (non-hydrogen) atoms. The summed E-state index contributed by atoms with van der Waals surface area (Å²) in [5.74, 6) is 0.650. The molecule has 2 aromatic carbocycles. The van der Waals surface area contributed by atoms with E-state index >= 15 is 0 Å². The van der Waals surface area contributed by atoms with Crippen molar-refractivity contribution >= 4 is 35.1 Å². The average Bonchev–Trinajstić information content (AvgIpc) is 2.78. The number of fused-ring (bicyclic) bond motifs is 1. The maximum atomic E-state index is 12.9. The first-order chi connectivity index (χ1) is 15.0. The van der Waals surface area contributed by atoms with Gasteiger partial charge in [-0.25, -0.2) is 9.78 Å². The third-order valence-electron chi connectivity index (χ3n) is 5.04. The highest BCUT2D eigenvalue weighted by Gasteiger charge is 2.26. The number of anilines is 2. The average molecular weight is 433 g/mol. The van der Waals surface area contributed by atoms with E-state index in [2.05, 4.69) is 15.6 Å². The summed E-state index contributed by atoms with van der Waals surface area (Å²) in [7, 11) is 0. The fourth-order valence-corrected chi connectivity index (χ4v) is 4.63. The Hall–Kier alpha value is -3.32. The molecule has 0 bridgehead atoms. The predicted molar refractivity (Wildman–Crippen MR) is 125 cm³/mol. The number of carbonyl (C=O) groups excluding carboxylic acids is 2. The van der Waals surface area contributed by atoms with Crippen molar-refractivity contribution in [1.82, 2.24) is 10.3 Å². The number of aromatic nitrogens is 1. The summed E-state index contributed by atoms with van der Waals surface area (Å²) in [5, 5.41) is 6.73. The number of hydrogen-bond acceptors (Lipinski definition) is 4. The van der Waals surface area contributed by atoms with Gasteiger partial charge in [0.05, 0.1) is 5.69 Å². The van der Waals surface area contributed by atoms with Gasteiger partial charge in [-0.3, -0.25) is 9.69 Å². The van der Waals surface area contributed by atoms with E-state index in [-0.39, 0.29) is 11.9 Å². The zero-order valence-electron chi connectivity index (χ0n) is 17.5. The van der Waals surface area contributed by atoms with Gasteiger partial charge in [-0.1, -0.05) is 30.3 Å². The van der Waals surface area contributed by atoms with Crippen LogP contribution in [0.15, 0.2) is 65.7 Å². The van der Waals surface area contributed by atoms with Crippen molar-refractivity contribution < 1.29 is 9.59 Å². The van der Waals surface area contributed by atoms with Crippen LogP contribution in [0.2, 0.25) is 0 Å². The minimum atomic E-state index is -0.198. The number of hydrogen-bond donors (Lipinski definition) is 2. The van der Waals surface area contributed by atoms with Crippen LogP contribution in [0.4, 0.5) is 16.2 Å². The lowest BCUT2D eigenvalue weighted by atomic mass is 10.1. The Labute approximate surface area is 186 Å². The van der Waals surface area contributed by atoms with Gasteiger partial charge in [0.15, 0.2) is 0 Å². The van der Waals surface area contributed by atoms with Gasteiger partial charge >= 0.3 is 6.03 Å². The molecule has 0 saturated carbocycles. The Kier molecular flexibility index (Phi) is 6.23. The molecule has 1 aliphatic heterocycles. The SMILES string of the molecule is Cc1cc(C)c2c(n1)SCCN2C(=O)Nc1ccc(C(=O)NCc2ccccc2)cc1. The maximum Gasteiger partial charge on any atom is 0.326 e. The Morgan fingerprint density at radius 2 is 1.81 bits per heavy atom. The van der Waals surface area contributed by atoms with E-state index in [1.165, 1.54) is 0 Å². The first-order valence-corrected chi connectivity index (χ1v) is 11.1. The van der Waals surface area contributed by atoms with Crippen LogP contribution in [0.25, 0.3) is 0 Å². The summed E-state index contributed by atoms with van der Waals surface area (Å²) in [5.41, 5.74) is 5.09. The quantitative estimate of drug-likeness (QED) is 0.623. The molecule has 0 fully saturated rings. The topological polar surface area (TPSA) is 74.3 Å². The van der Waals surface area contributed by atoms with Gasteiger partial charge in [0.25, 0.3) is 5.91 Å². The van der Waals surface area contributed by atoms with Crippen LogP contribution >= 0.6 is 11.8 Å². The maximum absolute atomic E-state index is 12.9. The summed E-state index contributed by atoms with van der Waals surface area (Å²) >= 11 is 1.68. The number of thioether (sulfide) groups is 1. The van der Waals surface area contributed by atoms with Crippen molar-refractivity contribution in [3.63, 3.8) is 0 Å². The number of benzene rings is 2. The van der Waals surface area contributed by atoms with E-state index in [1.807, 2.05) is 50.2 Å². The van der Waals surface area contributed by atoms with Crippen LogP contribution < -0.4 is 15.5 Å². The van der Waals surface area contributed by atoms with Gasteiger partial charge in [0.1, 0.15) is 5.03 Å². The first kappa shape index (κ1) is 20.9. The van der Waals surface area contributed by atoms with E-state index < -0.39 is 0 Å². The Morgan fingerprint density at radius 1 is 1.06 bits per heavy atom. The van der Waals surface area contributed by atoms with Crippen LogP contribution in [0, 0.1) is 13.8 Å². The molecule has 3 amide bonds. The molecule has 1 aliphatic rings. The van der Waals surface area contributed by atoms with Crippen molar-refractivity contribution in [1.29, 1.82) is 0 Å². The number of urea groups is 1. The minimum Gasteiger partial charge on any atom is -0.348 e. The largest absolute Gasteiger partial charge is 0.348 e. The molecule has 0 spiro atoms. The van der Waals surface area contributed by atoms with E-state index in [4.69, 9.17) is 0 Å². The zero-order chi connectivity index (χ0) is 21.8. The highest BCUT2D eigenvalue weighted by Crippen LogP contribution is 2.36. The van der Waals surface area contributed by atoms with Crippen LogP contribution in [-0.2, 0) is 6.54 Å². The summed E-state index contributed by atoms with van der Waals surface area (Å²) < 4.78 is 0. The number of pyridine rings is 1. The second-order valence-corrected chi connectivity index (χ2v) is 8.49. The predicted octanol–water partition coefficient (Wildman–Crippen LogP) is 4.77. The van der Waals surface area contributed by atoms with Gasteiger partial charge in [0, 0.05) is 35.8 Å². The molecule has 3 aromatic rings. The number of carbonyl (C=O) groups is 2. The molecule has 7 heteroatoms. The lowest BCUT2D eigenvalue weighted by molar-refractivity contribution is 0.0951. The number of nitrogens with zero attached hydrogens (tertiary/aromatic N) is 2. The molecular formula is C24H24N4O2S. The van der Waals surface area contributed by atoms with E-state index in [9.17, 15) is 9.59 Å². The molecule has 0 atom stereocenters. The highest BCUT2D eigenvalue weighted by atomic mass is 32.2. The first-order valence-electron chi connectivity index (χ1n) is 10.1. The fraction of sp³-hybridized carbons (Fsp3) is 0.208. The summed E-state index contributed by atoms with van der Waals surface area (Å²) in [6.45, 7) is 5.05. The summed E-state index contributed by atoms with van der Waals surface area (Å²) in [6, 6.07) is 18.5. The molecule has 2 N–H and O–H groups in total. The molecule has 6 nitrogen and oxygen atoms in total. The molecule has 1 aromatic heterocycles. The van der Waals surface area contributed by atoms with Crippen molar-refractivity contribution in [3.8, 4) is 0 Å². The standard InChI is InChI=1S/C24H24N4O2S/c1-16-14-17(2)26-23-21(16)28(12-13-31-23)24(30)27-20-10-8-19(9-11-20)22(29)25-15-18-6-4-3-5-7-18/h3-11,14H,12-13,15H2,1-2H3,(H,25,29)(H,27,30). The number of nitrogens with one attached hydrogen (secondary N) is 2. The van der Waals surface area contributed by atoms with E-state index in [0.717, 1.165) is 33.3 Å². The van der Waals surface area contributed by atoms with Crippen LogP contribution in [-0.4, -0.2) is 29.2 Å². The third-order valence-corrected chi connectivity index (χ3v) is 5.99. The molecule has 4 rings (SSSR count).